The molecule has 0 atom stereocenters. The topological polar surface area (TPSA) is 103 Å². The highest BCUT2D eigenvalue weighted by molar-refractivity contribution is 6.03. The summed E-state index contributed by atoms with van der Waals surface area (Å²) in [7, 11) is 1.56. The summed E-state index contributed by atoms with van der Waals surface area (Å²) in [5, 5.41) is 9.66. The van der Waals surface area contributed by atoms with Crippen LogP contribution < -0.4 is 20.1 Å². The lowest BCUT2D eigenvalue weighted by Crippen LogP contribution is -2.25. The number of benzene rings is 2. The molecule has 4 rings (SSSR count). The van der Waals surface area contributed by atoms with E-state index >= 15 is 0 Å². The number of carbonyl (C=O) groups excluding carboxylic acids is 2. The Morgan fingerprint density at radius 2 is 1.97 bits per heavy atom. The number of hydrogen-bond donors (Lipinski definition) is 2. The van der Waals surface area contributed by atoms with Gasteiger partial charge in [0.15, 0.2) is 11.5 Å². The van der Waals surface area contributed by atoms with E-state index in [-0.39, 0.29) is 17.9 Å². The van der Waals surface area contributed by atoms with E-state index in [1.165, 1.54) is 6.08 Å². The number of methoxy groups -OCH3 is 1. The molecular weight excluding hydrogens is 434 g/mol. The molecule has 3 aromatic rings. The summed E-state index contributed by atoms with van der Waals surface area (Å²) >= 11 is 0. The lowest BCUT2D eigenvalue weighted by Gasteiger charge is -2.11. The predicted octanol–water partition coefficient (Wildman–Crippen LogP) is 4.42. The van der Waals surface area contributed by atoms with Gasteiger partial charge in [-0.05, 0) is 68.7 Å². The second kappa shape index (κ2) is 10.2. The Bertz CT molecular complexity index is 1210. The minimum absolute atomic E-state index is 0.127. The summed E-state index contributed by atoms with van der Waals surface area (Å²) in [6.45, 7) is 4.02. The van der Waals surface area contributed by atoms with Gasteiger partial charge in [0.05, 0.1) is 18.4 Å². The predicted molar refractivity (Wildman–Crippen MR) is 128 cm³/mol. The first-order valence-electron chi connectivity index (χ1n) is 11.1. The number of hydrogen-bond acceptors (Lipinski definition) is 6. The van der Waals surface area contributed by atoms with Gasteiger partial charge in [0.2, 0.25) is 5.91 Å². The third-order valence-electron chi connectivity index (χ3n) is 5.47. The van der Waals surface area contributed by atoms with Gasteiger partial charge in [-0.3, -0.25) is 9.59 Å². The zero-order valence-electron chi connectivity index (χ0n) is 19.4. The van der Waals surface area contributed by atoms with Crippen LogP contribution in [0.25, 0.3) is 6.08 Å². The summed E-state index contributed by atoms with van der Waals surface area (Å²) in [5.41, 5.74) is 3.53. The Kier molecular flexibility index (Phi) is 6.96. The molecule has 2 amide bonds. The molecule has 2 aromatic carbocycles. The van der Waals surface area contributed by atoms with E-state index in [0.29, 0.717) is 29.4 Å². The molecule has 1 aromatic heterocycles. The molecule has 0 aliphatic heterocycles. The summed E-state index contributed by atoms with van der Waals surface area (Å²) in [5.74, 6) is 1.40. The molecule has 1 aliphatic rings. The van der Waals surface area contributed by atoms with Crippen LogP contribution in [0.2, 0.25) is 0 Å². The van der Waals surface area contributed by atoms with Crippen LogP contribution in [0.1, 0.15) is 45.8 Å². The van der Waals surface area contributed by atoms with Crippen LogP contribution in [-0.4, -0.2) is 30.1 Å². The minimum Gasteiger partial charge on any atom is -0.493 e. The lowest BCUT2D eigenvalue weighted by atomic mass is 10.1. The molecule has 0 radical (unpaired) electrons. The van der Waals surface area contributed by atoms with Crippen molar-refractivity contribution in [3.05, 3.63) is 76.7 Å². The summed E-state index contributed by atoms with van der Waals surface area (Å²) < 4.78 is 16.5. The van der Waals surface area contributed by atoms with Gasteiger partial charge in [0.25, 0.3) is 5.91 Å². The maximum absolute atomic E-state index is 12.4. The van der Waals surface area contributed by atoms with Crippen LogP contribution in [0.4, 0.5) is 5.69 Å². The molecular formula is C26H27N3O5. The fourth-order valence-electron chi connectivity index (χ4n) is 3.36. The van der Waals surface area contributed by atoms with Crippen molar-refractivity contribution in [2.24, 2.45) is 0 Å². The van der Waals surface area contributed by atoms with Crippen molar-refractivity contribution in [2.45, 2.75) is 39.3 Å². The molecule has 176 valence electrons. The number of ether oxygens (including phenoxy) is 2. The molecule has 8 heteroatoms. The molecule has 0 spiro atoms. The van der Waals surface area contributed by atoms with Crippen molar-refractivity contribution >= 4 is 23.6 Å². The van der Waals surface area contributed by atoms with E-state index in [1.807, 2.05) is 19.9 Å². The molecule has 0 saturated heterocycles. The Morgan fingerprint density at radius 3 is 2.68 bits per heavy atom. The Balaban J connectivity index is 1.37. The van der Waals surface area contributed by atoms with Gasteiger partial charge < -0.3 is 24.6 Å². The summed E-state index contributed by atoms with van der Waals surface area (Å²) in [4.78, 5) is 24.6. The molecule has 1 fully saturated rings. The Hall–Kier alpha value is -4.07. The number of aromatic nitrogens is 1. The molecule has 0 bridgehead atoms. The van der Waals surface area contributed by atoms with Gasteiger partial charge in [-0.25, -0.2) is 0 Å². The average Bonchev–Trinajstić information content (AvgIpc) is 3.60. The van der Waals surface area contributed by atoms with Gasteiger partial charge in [-0.15, -0.1) is 0 Å². The number of rotatable bonds is 9. The minimum atomic E-state index is -0.308. The van der Waals surface area contributed by atoms with Gasteiger partial charge in [0.1, 0.15) is 12.4 Å². The second-order valence-electron chi connectivity index (χ2n) is 8.15. The van der Waals surface area contributed by atoms with Crippen molar-refractivity contribution in [1.29, 1.82) is 0 Å². The largest absolute Gasteiger partial charge is 0.493 e. The van der Waals surface area contributed by atoms with Gasteiger partial charge in [-0.2, -0.15) is 0 Å². The maximum atomic E-state index is 12.4. The van der Waals surface area contributed by atoms with Crippen LogP contribution in [0.15, 0.2) is 53.1 Å². The molecule has 2 N–H and O–H groups in total. The smallest absolute Gasteiger partial charge is 0.251 e. The van der Waals surface area contributed by atoms with E-state index in [4.69, 9.17) is 14.0 Å². The van der Waals surface area contributed by atoms with E-state index in [9.17, 15) is 9.59 Å². The van der Waals surface area contributed by atoms with Crippen LogP contribution >= 0.6 is 0 Å². The zero-order chi connectivity index (χ0) is 24.1. The van der Waals surface area contributed by atoms with Crippen LogP contribution in [0, 0.1) is 13.8 Å². The van der Waals surface area contributed by atoms with Crippen LogP contribution in [0.5, 0.6) is 11.5 Å². The number of aryl methyl sites for hydroxylation is 2. The number of nitrogens with one attached hydrogen (secondary N) is 2. The molecule has 34 heavy (non-hydrogen) atoms. The Morgan fingerprint density at radius 1 is 1.15 bits per heavy atom. The second-order valence-corrected chi connectivity index (χ2v) is 8.15. The third-order valence-corrected chi connectivity index (χ3v) is 5.47. The van der Waals surface area contributed by atoms with Gasteiger partial charge in [-0.1, -0.05) is 17.3 Å². The van der Waals surface area contributed by atoms with Crippen molar-refractivity contribution in [2.75, 3.05) is 12.4 Å². The number of nitrogens with zero attached hydrogens (tertiary/aromatic N) is 1. The molecule has 1 heterocycles. The lowest BCUT2D eigenvalue weighted by molar-refractivity contribution is -0.111. The normalized spacial score (nSPS) is 13.0. The van der Waals surface area contributed by atoms with Crippen molar-refractivity contribution < 1.29 is 23.6 Å². The first-order chi connectivity index (χ1) is 16.4. The highest BCUT2D eigenvalue weighted by atomic mass is 16.5. The van der Waals surface area contributed by atoms with Crippen molar-refractivity contribution in [1.82, 2.24) is 10.5 Å². The molecule has 1 saturated carbocycles. The Labute approximate surface area is 197 Å². The van der Waals surface area contributed by atoms with Gasteiger partial charge >= 0.3 is 0 Å². The van der Waals surface area contributed by atoms with Crippen molar-refractivity contribution in [3.8, 4) is 11.5 Å². The summed E-state index contributed by atoms with van der Waals surface area (Å²) in [6.07, 6.45) is 5.15. The average molecular weight is 462 g/mol. The molecule has 8 nitrogen and oxygen atoms in total. The van der Waals surface area contributed by atoms with E-state index in [1.54, 1.807) is 49.6 Å². The summed E-state index contributed by atoms with van der Waals surface area (Å²) in [6, 6.07) is 12.6. The monoisotopic (exact) mass is 461 g/mol. The number of anilines is 1. The van der Waals surface area contributed by atoms with E-state index in [0.717, 1.165) is 35.4 Å². The standard InChI is InChI=1S/C26H27N3O5/c1-16-22(17(2)34-29-16)15-33-23-11-7-18(13-24(23)32-3)8-12-25(30)27-21-6-4-5-19(14-21)26(31)28-20-9-10-20/h4-8,11-14,20H,9-10,15H2,1-3H3,(H,27,30)(H,28,31)/b12-8+. The third kappa shape index (κ3) is 5.83. The SMILES string of the molecule is COc1cc(/C=C/C(=O)Nc2cccc(C(=O)NC3CC3)c2)ccc1OCc1c(C)noc1C. The highest BCUT2D eigenvalue weighted by Crippen LogP contribution is 2.30. The van der Waals surface area contributed by atoms with E-state index in [2.05, 4.69) is 15.8 Å². The first-order valence-corrected chi connectivity index (χ1v) is 11.1. The van der Waals surface area contributed by atoms with Crippen molar-refractivity contribution in [3.63, 3.8) is 0 Å². The fourth-order valence-corrected chi connectivity index (χ4v) is 3.36. The zero-order valence-corrected chi connectivity index (χ0v) is 19.4. The number of amides is 2. The molecule has 0 unspecified atom stereocenters. The quantitative estimate of drug-likeness (QED) is 0.457. The van der Waals surface area contributed by atoms with Crippen LogP contribution in [-0.2, 0) is 11.4 Å². The molecule has 1 aliphatic carbocycles. The van der Waals surface area contributed by atoms with E-state index < -0.39 is 0 Å². The highest BCUT2D eigenvalue weighted by Gasteiger charge is 2.23. The first kappa shape index (κ1) is 23.1. The maximum Gasteiger partial charge on any atom is 0.251 e. The fraction of sp³-hybridized carbons (Fsp3) is 0.269. The number of carbonyl (C=O) groups is 2. The van der Waals surface area contributed by atoms with Crippen LogP contribution in [0.3, 0.4) is 0 Å². The van der Waals surface area contributed by atoms with Gasteiger partial charge in [0, 0.05) is 23.4 Å².